The minimum Gasteiger partial charge on any atom is -0.466 e. The molecule has 1 aromatic heterocycles. The molecule has 0 bridgehead atoms. The third kappa shape index (κ3) is 9.82. The number of fused-ring (bicyclic) bond motifs is 1. The van der Waals surface area contributed by atoms with E-state index >= 15 is 0 Å². The van der Waals surface area contributed by atoms with Gasteiger partial charge in [0.2, 0.25) is 10.0 Å². The molecule has 4 aromatic rings. The molecule has 11 nitrogen and oxygen atoms in total. The highest BCUT2D eigenvalue weighted by Gasteiger charge is 2.38. The van der Waals surface area contributed by atoms with Crippen molar-refractivity contribution in [2.75, 3.05) is 24.4 Å². The van der Waals surface area contributed by atoms with Crippen LogP contribution in [0.3, 0.4) is 0 Å². The lowest BCUT2D eigenvalue weighted by atomic mass is 9.86. The molecule has 0 saturated heterocycles. The Hall–Kier alpha value is -4.85. The predicted octanol–water partition coefficient (Wildman–Crippen LogP) is 8.22. The highest BCUT2D eigenvalue weighted by molar-refractivity contribution is 7.89. The Balaban J connectivity index is 1.14. The highest BCUT2D eigenvalue weighted by atomic mass is 32.2. The van der Waals surface area contributed by atoms with E-state index < -0.39 is 15.9 Å². The molecule has 1 fully saturated rings. The lowest BCUT2D eigenvalue weighted by molar-refractivity contribution is -0.149. The van der Waals surface area contributed by atoms with Crippen molar-refractivity contribution in [1.82, 2.24) is 4.31 Å². The molecule has 0 aliphatic heterocycles. The van der Waals surface area contributed by atoms with Crippen LogP contribution in [0.2, 0.25) is 0 Å². The topological polar surface area (TPSA) is 148 Å². The number of benzene rings is 3. The Morgan fingerprint density at radius 3 is 2.11 bits per heavy atom. The summed E-state index contributed by atoms with van der Waals surface area (Å²) in [6.07, 6.45) is 7.20. The zero-order valence-corrected chi connectivity index (χ0v) is 34.6. The summed E-state index contributed by atoms with van der Waals surface area (Å²) in [4.78, 5) is 52.9. The number of carbonyl (C=O) groups is 4. The smallest absolute Gasteiger partial charge is 0.337 e. The van der Waals surface area contributed by atoms with Crippen LogP contribution in [0.15, 0.2) is 77.7 Å². The van der Waals surface area contributed by atoms with Crippen molar-refractivity contribution in [3.63, 3.8) is 0 Å². The molecule has 2 aliphatic rings. The van der Waals surface area contributed by atoms with Crippen LogP contribution in [0.5, 0.6) is 0 Å². The summed E-state index contributed by atoms with van der Waals surface area (Å²) < 4.78 is 39.8. The van der Waals surface area contributed by atoms with Crippen molar-refractivity contribution in [3.05, 3.63) is 111 Å². The van der Waals surface area contributed by atoms with Gasteiger partial charge in [0.1, 0.15) is 5.00 Å². The molecule has 2 amide bonds. The molecule has 302 valence electrons. The number of rotatable bonds is 14. The third-order valence-corrected chi connectivity index (χ3v) is 14.1. The van der Waals surface area contributed by atoms with E-state index in [9.17, 15) is 27.6 Å². The maximum Gasteiger partial charge on any atom is 0.337 e. The molecule has 0 atom stereocenters. The second-order valence-corrected chi connectivity index (χ2v) is 17.9. The zero-order chi connectivity index (χ0) is 40.7. The van der Waals surface area contributed by atoms with Gasteiger partial charge in [0.25, 0.3) is 11.8 Å². The number of nitrogens with one attached hydrogen (secondary N) is 2. The van der Waals surface area contributed by atoms with Crippen molar-refractivity contribution >= 4 is 55.8 Å². The van der Waals surface area contributed by atoms with E-state index in [-0.39, 0.29) is 46.3 Å². The van der Waals surface area contributed by atoms with E-state index in [4.69, 9.17) is 9.47 Å². The standard InChI is InChI=1S/C44H51N3O8S2/c1-5-55-44(51)32-21-25-35(26-22-32)47(28(2)3)57(52,53)36-10-8-9-33(27-36)40(48)46-42-39(37-11-6-7-12-38(37)56-42)41(49)45-34-23-17-30(18-24-34)14-13-29-15-19-31(20-16-29)43(50)54-4/h8-10,15-20,23-24,27-28,32,35H,5-7,11-14,21-22,25-26H2,1-4H3,(H,45,49)(H,46,48). The number of anilines is 2. The minimum atomic E-state index is -4.00. The van der Waals surface area contributed by atoms with Crippen LogP contribution >= 0.6 is 11.3 Å². The first-order valence-electron chi connectivity index (χ1n) is 19.7. The van der Waals surface area contributed by atoms with E-state index in [2.05, 4.69) is 10.6 Å². The van der Waals surface area contributed by atoms with Crippen molar-refractivity contribution in [2.24, 2.45) is 5.92 Å². The SMILES string of the molecule is CCOC(=O)C1CCC(N(C(C)C)S(=O)(=O)c2cccc(C(=O)Nc3sc4c(c3C(=O)Nc3ccc(CCc5ccc(C(=O)OC)cc5)cc3)CCCC4)c2)CC1. The van der Waals surface area contributed by atoms with Gasteiger partial charge < -0.3 is 20.1 Å². The van der Waals surface area contributed by atoms with Gasteiger partial charge >= 0.3 is 11.9 Å². The van der Waals surface area contributed by atoms with Crippen LogP contribution < -0.4 is 10.6 Å². The molecule has 1 saturated carbocycles. The normalized spacial score (nSPS) is 16.8. The fourth-order valence-corrected chi connectivity index (χ4v) is 11.1. The summed E-state index contributed by atoms with van der Waals surface area (Å²) >= 11 is 1.40. The molecule has 1 heterocycles. The lowest BCUT2D eigenvalue weighted by Crippen LogP contribution is -2.46. The monoisotopic (exact) mass is 813 g/mol. The van der Waals surface area contributed by atoms with E-state index in [1.165, 1.54) is 34.9 Å². The molecule has 13 heteroatoms. The molecule has 3 aromatic carbocycles. The number of carbonyl (C=O) groups excluding carboxylic acids is 4. The Bertz CT molecular complexity index is 2190. The number of methoxy groups -OCH3 is 1. The second kappa shape index (κ2) is 18.6. The van der Waals surface area contributed by atoms with Gasteiger partial charge in [-0.25, -0.2) is 13.2 Å². The molecule has 57 heavy (non-hydrogen) atoms. The van der Waals surface area contributed by atoms with Gasteiger partial charge in [0.15, 0.2) is 0 Å². The molecule has 6 rings (SSSR count). The molecule has 2 N–H and O–H groups in total. The van der Waals surface area contributed by atoms with Gasteiger partial charge in [-0.05, 0) is 144 Å². The minimum absolute atomic E-state index is 0.0136. The van der Waals surface area contributed by atoms with Gasteiger partial charge in [0, 0.05) is 28.2 Å². The Kier molecular flexibility index (Phi) is 13.6. The van der Waals surface area contributed by atoms with Crippen LogP contribution in [-0.2, 0) is 50.0 Å². The van der Waals surface area contributed by atoms with Crippen LogP contribution in [0, 0.1) is 5.92 Å². The fourth-order valence-electron chi connectivity index (χ4n) is 7.87. The fraction of sp³-hybridized carbons (Fsp3) is 0.409. The number of thiophene rings is 1. The number of hydrogen-bond donors (Lipinski definition) is 2. The summed E-state index contributed by atoms with van der Waals surface area (Å²) in [7, 11) is -2.64. The molecular weight excluding hydrogens is 763 g/mol. The van der Waals surface area contributed by atoms with E-state index in [0.29, 0.717) is 54.1 Å². The average molecular weight is 814 g/mol. The van der Waals surface area contributed by atoms with Gasteiger partial charge in [-0.15, -0.1) is 11.3 Å². The van der Waals surface area contributed by atoms with Crippen LogP contribution in [0.25, 0.3) is 0 Å². The summed E-state index contributed by atoms with van der Waals surface area (Å²) in [5.41, 5.74) is 4.86. The van der Waals surface area contributed by atoms with E-state index in [1.807, 2.05) is 50.2 Å². The van der Waals surface area contributed by atoms with Crippen LogP contribution in [0.1, 0.15) is 112 Å². The zero-order valence-electron chi connectivity index (χ0n) is 33.0. The Morgan fingerprint density at radius 1 is 0.825 bits per heavy atom. The first-order valence-corrected chi connectivity index (χ1v) is 22.0. The summed E-state index contributed by atoms with van der Waals surface area (Å²) in [6, 6.07) is 20.4. The Morgan fingerprint density at radius 2 is 1.47 bits per heavy atom. The van der Waals surface area contributed by atoms with Crippen molar-refractivity contribution in [3.8, 4) is 0 Å². The number of aryl methyl sites for hydroxylation is 3. The molecular formula is C44H51N3O8S2. The quantitative estimate of drug-likeness (QED) is 0.121. The van der Waals surface area contributed by atoms with Gasteiger partial charge in [-0.1, -0.05) is 30.3 Å². The molecule has 2 aliphatic carbocycles. The number of sulfonamides is 1. The van der Waals surface area contributed by atoms with E-state index in [1.54, 1.807) is 31.2 Å². The van der Waals surface area contributed by atoms with Crippen molar-refractivity contribution in [1.29, 1.82) is 0 Å². The number of ether oxygens (including phenoxy) is 2. The van der Waals surface area contributed by atoms with Gasteiger partial charge in [0.05, 0.1) is 35.7 Å². The van der Waals surface area contributed by atoms with E-state index in [0.717, 1.165) is 60.1 Å². The molecule has 0 spiro atoms. The number of esters is 2. The summed E-state index contributed by atoms with van der Waals surface area (Å²) in [5, 5.41) is 6.44. The maximum atomic E-state index is 14.2. The van der Waals surface area contributed by atoms with Crippen molar-refractivity contribution in [2.45, 2.75) is 102 Å². The average Bonchev–Trinajstić information content (AvgIpc) is 3.58. The second-order valence-electron chi connectivity index (χ2n) is 14.9. The first kappa shape index (κ1) is 41.8. The molecule has 0 radical (unpaired) electrons. The van der Waals surface area contributed by atoms with Crippen LogP contribution in [-0.4, -0.2) is 62.3 Å². The predicted molar refractivity (Wildman–Crippen MR) is 221 cm³/mol. The number of hydrogen-bond acceptors (Lipinski definition) is 9. The van der Waals surface area contributed by atoms with Gasteiger partial charge in [-0.3, -0.25) is 14.4 Å². The number of amides is 2. The Labute approximate surface area is 339 Å². The van der Waals surface area contributed by atoms with Crippen molar-refractivity contribution < 1.29 is 37.1 Å². The summed E-state index contributed by atoms with van der Waals surface area (Å²) in [6.45, 7) is 5.76. The highest BCUT2D eigenvalue weighted by Crippen LogP contribution is 2.39. The van der Waals surface area contributed by atoms with Gasteiger partial charge in [-0.2, -0.15) is 4.31 Å². The molecule has 0 unspecified atom stereocenters. The number of nitrogens with zero attached hydrogens (tertiary/aromatic N) is 1. The third-order valence-electron chi connectivity index (χ3n) is 10.8. The lowest BCUT2D eigenvalue weighted by Gasteiger charge is -2.37. The largest absolute Gasteiger partial charge is 0.466 e. The van der Waals surface area contributed by atoms with Crippen LogP contribution in [0.4, 0.5) is 10.7 Å². The first-order chi connectivity index (χ1) is 27.4. The maximum absolute atomic E-state index is 14.2. The summed E-state index contributed by atoms with van der Waals surface area (Å²) in [5.74, 6) is -1.65.